The second-order valence-electron chi connectivity index (χ2n) is 9.35. The van der Waals surface area contributed by atoms with Crippen LogP contribution in [0.5, 0.6) is 5.75 Å². The van der Waals surface area contributed by atoms with Crippen molar-refractivity contribution in [3.63, 3.8) is 0 Å². The van der Waals surface area contributed by atoms with E-state index >= 15 is 0 Å². The average molecular weight is 531 g/mol. The lowest BCUT2D eigenvalue weighted by atomic mass is 10.1. The molecular formula is C29H28F2N6O2. The zero-order chi connectivity index (χ0) is 27.4. The number of H-pyrrole nitrogens is 1. The highest BCUT2D eigenvalue weighted by molar-refractivity contribution is 5.80. The van der Waals surface area contributed by atoms with Crippen molar-refractivity contribution in [2.24, 2.45) is 0 Å². The summed E-state index contributed by atoms with van der Waals surface area (Å²) in [5, 5.41) is 13.3. The van der Waals surface area contributed by atoms with E-state index in [9.17, 15) is 13.6 Å². The number of halogens is 2. The van der Waals surface area contributed by atoms with Gasteiger partial charge in [-0.1, -0.05) is 31.2 Å². The molecule has 39 heavy (non-hydrogen) atoms. The van der Waals surface area contributed by atoms with Gasteiger partial charge in [0.25, 0.3) is 5.56 Å². The second-order valence-corrected chi connectivity index (χ2v) is 9.35. The lowest BCUT2D eigenvalue weighted by molar-refractivity contribution is 0.161. The molecule has 2 aromatic heterocycles. The van der Waals surface area contributed by atoms with Crippen LogP contribution in [-0.4, -0.2) is 37.2 Å². The molecule has 10 heteroatoms. The highest BCUT2D eigenvalue weighted by atomic mass is 19.1. The zero-order valence-electron chi connectivity index (χ0n) is 21.6. The van der Waals surface area contributed by atoms with Crippen LogP contribution in [0.3, 0.4) is 0 Å². The smallest absolute Gasteiger partial charge is 0.252 e. The third kappa shape index (κ3) is 6.01. The SMILES string of the molecule is CCC(c1nnnn1Cc1ccc(F)cc1)N(Cc1ccc(F)cc1)Cc1cc2ccc(OC)cc2[nH]c1=O. The fourth-order valence-electron chi connectivity index (χ4n) is 4.72. The van der Waals surface area contributed by atoms with Crippen LogP contribution in [0.4, 0.5) is 8.78 Å². The minimum Gasteiger partial charge on any atom is -0.497 e. The Morgan fingerprint density at radius 1 is 0.949 bits per heavy atom. The van der Waals surface area contributed by atoms with E-state index in [0.717, 1.165) is 16.5 Å². The lowest BCUT2D eigenvalue weighted by Gasteiger charge is -2.30. The first-order valence-electron chi connectivity index (χ1n) is 12.6. The number of rotatable bonds is 10. The minimum atomic E-state index is -0.318. The van der Waals surface area contributed by atoms with E-state index in [1.54, 1.807) is 42.1 Å². The van der Waals surface area contributed by atoms with Crippen molar-refractivity contribution in [1.29, 1.82) is 0 Å². The Labute approximate surface area is 223 Å². The van der Waals surface area contributed by atoms with Crippen LogP contribution in [0, 0.1) is 11.6 Å². The number of pyridine rings is 1. The Kier molecular flexibility index (Phi) is 7.74. The molecule has 5 rings (SSSR count). The Balaban J connectivity index is 1.51. The molecule has 0 aliphatic carbocycles. The highest BCUT2D eigenvalue weighted by Crippen LogP contribution is 2.27. The van der Waals surface area contributed by atoms with Crippen LogP contribution in [0.2, 0.25) is 0 Å². The zero-order valence-corrected chi connectivity index (χ0v) is 21.6. The number of aromatic nitrogens is 5. The van der Waals surface area contributed by atoms with Gasteiger partial charge in [-0.3, -0.25) is 9.69 Å². The van der Waals surface area contributed by atoms with Gasteiger partial charge >= 0.3 is 0 Å². The molecule has 1 unspecified atom stereocenters. The molecule has 2 heterocycles. The second kappa shape index (κ2) is 11.5. The van der Waals surface area contributed by atoms with E-state index in [1.807, 2.05) is 25.1 Å². The molecule has 0 fully saturated rings. The Bertz CT molecular complexity index is 1620. The summed E-state index contributed by atoms with van der Waals surface area (Å²) in [5.41, 5.74) is 2.79. The number of nitrogens with zero attached hydrogens (tertiary/aromatic N) is 5. The Morgan fingerprint density at radius 2 is 1.64 bits per heavy atom. The maximum Gasteiger partial charge on any atom is 0.252 e. The average Bonchev–Trinajstić information content (AvgIpc) is 3.39. The first-order chi connectivity index (χ1) is 18.9. The number of tetrazole rings is 1. The molecule has 0 aliphatic rings. The van der Waals surface area contributed by atoms with Crippen LogP contribution in [0.25, 0.3) is 10.9 Å². The summed E-state index contributed by atoms with van der Waals surface area (Å²) < 4.78 is 34.0. The van der Waals surface area contributed by atoms with E-state index in [0.29, 0.717) is 48.7 Å². The molecule has 0 spiro atoms. The topological polar surface area (TPSA) is 88.9 Å². The molecular weight excluding hydrogens is 502 g/mol. The molecule has 1 atom stereocenters. The van der Waals surface area contributed by atoms with Gasteiger partial charge in [0.1, 0.15) is 17.4 Å². The third-order valence-electron chi connectivity index (χ3n) is 6.73. The van der Waals surface area contributed by atoms with Crippen molar-refractivity contribution < 1.29 is 13.5 Å². The molecule has 200 valence electrons. The Morgan fingerprint density at radius 3 is 2.31 bits per heavy atom. The van der Waals surface area contributed by atoms with Gasteiger partial charge < -0.3 is 9.72 Å². The fourth-order valence-corrected chi connectivity index (χ4v) is 4.72. The molecule has 0 saturated heterocycles. The van der Waals surface area contributed by atoms with Gasteiger partial charge in [-0.25, -0.2) is 13.5 Å². The van der Waals surface area contributed by atoms with Crippen LogP contribution in [0.1, 0.15) is 41.9 Å². The number of benzene rings is 3. The minimum absolute atomic E-state index is 0.208. The van der Waals surface area contributed by atoms with Crippen LogP contribution in [0.15, 0.2) is 77.6 Å². The van der Waals surface area contributed by atoms with Gasteiger partial charge in [0, 0.05) is 24.7 Å². The van der Waals surface area contributed by atoms with Gasteiger partial charge in [-0.05, 0) is 75.8 Å². The molecule has 3 aromatic carbocycles. The maximum absolute atomic E-state index is 13.6. The van der Waals surface area contributed by atoms with Crippen molar-refractivity contribution >= 4 is 10.9 Å². The summed E-state index contributed by atoms with van der Waals surface area (Å²) in [4.78, 5) is 18.2. The van der Waals surface area contributed by atoms with Crippen LogP contribution < -0.4 is 10.3 Å². The predicted octanol–water partition coefficient (Wildman–Crippen LogP) is 5.00. The van der Waals surface area contributed by atoms with E-state index in [2.05, 4.69) is 25.4 Å². The van der Waals surface area contributed by atoms with Crippen molar-refractivity contribution in [2.75, 3.05) is 7.11 Å². The maximum atomic E-state index is 13.6. The first-order valence-corrected chi connectivity index (χ1v) is 12.6. The molecule has 8 nitrogen and oxygen atoms in total. The fraction of sp³-hybridized carbons (Fsp3) is 0.241. The number of hydrogen-bond acceptors (Lipinski definition) is 6. The largest absolute Gasteiger partial charge is 0.497 e. The molecule has 0 radical (unpaired) electrons. The van der Waals surface area contributed by atoms with Crippen molar-refractivity contribution in [1.82, 2.24) is 30.1 Å². The summed E-state index contributed by atoms with van der Waals surface area (Å²) in [7, 11) is 1.58. The molecule has 0 aliphatic heterocycles. The monoisotopic (exact) mass is 530 g/mol. The number of aromatic amines is 1. The number of fused-ring (bicyclic) bond motifs is 1. The molecule has 0 amide bonds. The molecule has 0 saturated carbocycles. The van der Waals surface area contributed by atoms with Gasteiger partial charge in [-0.2, -0.15) is 0 Å². The Hall–Kier alpha value is -4.44. The molecule has 5 aromatic rings. The van der Waals surface area contributed by atoms with E-state index in [-0.39, 0.29) is 23.2 Å². The molecule has 1 N–H and O–H groups in total. The van der Waals surface area contributed by atoms with Gasteiger partial charge in [0.2, 0.25) is 0 Å². The van der Waals surface area contributed by atoms with Crippen LogP contribution in [-0.2, 0) is 19.6 Å². The van der Waals surface area contributed by atoms with Crippen LogP contribution >= 0.6 is 0 Å². The quantitative estimate of drug-likeness (QED) is 0.273. The number of nitrogens with one attached hydrogen (secondary N) is 1. The summed E-state index contributed by atoms with van der Waals surface area (Å²) in [6.45, 7) is 3.12. The summed E-state index contributed by atoms with van der Waals surface area (Å²) in [5.74, 6) is 0.641. The summed E-state index contributed by atoms with van der Waals surface area (Å²) in [6.07, 6.45) is 0.646. The van der Waals surface area contributed by atoms with E-state index in [4.69, 9.17) is 4.74 Å². The van der Waals surface area contributed by atoms with E-state index < -0.39 is 0 Å². The summed E-state index contributed by atoms with van der Waals surface area (Å²) in [6, 6.07) is 19.6. The van der Waals surface area contributed by atoms with Crippen molar-refractivity contribution in [3.8, 4) is 5.75 Å². The van der Waals surface area contributed by atoms with E-state index in [1.165, 1.54) is 24.3 Å². The first kappa shape index (κ1) is 26.2. The number of methoxy groups -OCH3 is 1. The van der Waals surface area contributed by atoms with Crippen molar-refractivity contribution in [2.45, 2.75) is 39.0 Å². The number of ether oxygens (including phenoxy) is 1. The van der Waals surface area contributed by atoms with Gasteiger partial charge in [-0.15, -0.1) is 5.10 Å². The standard InChI is InChI=1S/C29H28F2N6O2/c1-3-27(28-33-34-35-37(28)17-20-6-11-24(31)12-7-20)36(16-19-4-9-23(30)10-5-19)18-22-14-21-8-13-25(39-2)15-26(21)32-29(22)38/h4-15,27H,3,16-18H2,1-2H3,(H,32,38). The van der Waals surface area contributed by atoms with Crippen molar-refractivity contribution in [3.05, 3.63) is 117 Å². The summed E-state index contributed by atoms with van der Waals surface area (Å²) >= 11 is 0. The number of hydrogen-bond donors (Lipinski definition) is 1. The highest BCUT2D eigenvalue weighted by Gasteiger charge is 2.26. The van der Waals surface area contributed by atoms with Gasteiger partial charge in [0.05, 0.1) is 25.2 Å². The predicted molar refractivity (Wildman–Crippen MR) is 143 cm³/mol. The normalized spacial score (nSPS) is 12.2. The lowest BCUT2D eigenvalue weighted by Crippen LogP contribution is -2.32. The molecule has 0 bridgehead atoms. The third-order valence-corrected chi connectivity index (χ3v) is 6.73. The van der Waals surface area contributed by atoms with Gasteiger partial charge in [0.15, 0.2) is 5.82 Å².